The molecule has 0 saturated carbocycles. The van der Waals surface area contributed by atoms with E-state index in [-0.39, 0.29) is 6.04 Å². The summed E-state index contributed by atoms with van der Waals surface area (Å²) in [5.41, 5.74) is 8.10. The third-order valence-electron chi connectivity index (χ3n) is 2.50. The first-order valence-electron chi connectivity index (χ1n) is 5.04. The summed E-state index contributed by atoms with van der Waals surface area (Å²) in [6.45, 7) is 2.07. The zero-order valence-electron chi connectivity index (χ0n) is 8.97. The van der Waals surface area contributed by atoms with Crippen LogP contribution in [0.3, 0.4) is 0 Å². The average Bonchev–Trinajstić information content (AvgIpc) is 2.85. The Labute approximate surface area is 88.7 Å². The molecule has 0 aliphatic rings. The van der Waals surface area contributed by atoms with E-state index in [2.05, 4.69) is 12.0 Å². The molecule has 4 nitrogen and oxygen atoms in total. The van der Waals surface area contributed by atoms with Gasteiger partial charge in [-0.15, -0.1) is 0 Å². The molecule has 0 amide bonds. The molecule has 4 heteroatoms. The standard InChI is InChI=1S/C11H15N3O/c1-3-8-7-9(14(2)13-8)11(12)10-5-4-6-15-10/h4-7,11H,3,12H2,1-2H3. The van der Waals surface area contributed by atoms with Gasteiger partial charge in [-0.2, -0.15) is 5.10 Å². The molecular formula is C11H15N3O. The van der Waals surface area contributed by atoms with E-state index in [0.29, 0.717) is 0 Å². The van der Waals surface area contributed by atoms with Crippen molar-refractivity contribution in [2.45, 2.75) is 19.4 Å². The molecule has 0 bridgehead atoms. The van der Waals surface area contributed by atoms with E-state index in [9.17, 15) is 0 Å². The van der Waals surface area contributed by atoms with Crippen LogP contribution in [0.2, 0.25) is 0 Å². The van der Waals surface area contributed by atoms with Crippen LogP contribution in [0, 0.1) is 0 Å². The molecule has 2 heterocycles. The van der Waals surface area contributed by atoms with E-state index >= 15 is 0 Å². The first kappa shape index (κ1) is 9.98. The van der Waals surface area contributed by atoms with Crippen LogP contribution in [-0.2, 0) is 13.5 Å². The molecule has 0 aromatic carbocycles. The molecule has 0 fully saturated rings. The van der Waals surface area contributed by atoms with E-state index in [4.69, 9.17) is 10.2 Å². The predicted molar refractivity (Wildman–Crippen MR) is 57.3 cm³/mol. The third kappa shape index (κ3) is 1.80. The van der Waals surface area contributed by atoms with Crippen molar-refractivity contribution in [1.29, 1.82) is 0 Å². The lowest BCUT2D eigenvalue weighted by atomic mass is 10.1. The van der Waals surface area contributed by atoms with Gasteiger partial charge in [-0.05, 0) is 24.6 Å². The van der Waals surface area contributed by atoms with E-state index in [1.54, 1.807) is 6.26 Å². The molecule has 0 radical (unpaired) electrons. The van der Waals surface area contributed by atoms with Gasteiger partial charge in [0.1, 0.15) is 11.8 Å². The lowest BCUT2D eigenvalue weighted by Gasteiger charge is -2.08. The Kier molecular flexibility index (Phi) is 2.60. The molecule has 0 spiro atoms. The van der Waals surface area contributed by atoms with Crippen LogP contribution >= 0.6 is 0 Å². The van der Waals surface area contributed by atoms with Crippen molar-refractivity contribution in [2.75, 3.05) is 0 Å². The van der Waals surface area contributed by atoms with Gasteiger partial charge in [0.2, 0.25) is 0 Å². The van der Waals surface area contributed by atoms with Gasteiger partial charge in [0.25, 0.3) is 0 Å². The summed E-state index contributed by atoms with van der Waals surface area (Å²) in [7, 11) is 1.90. The first-order chi connectivity index (χ1) is 7.22. The summed E-state index contributed by atoms with van der Waals surface area (Å²) in [5.74, 6) is 0.764. The van der Waals surface area contributed by atoms with Crippen molar-refractivity contribution in [3.8, 4) is 0 Å². The maximum absolute atomic E-state index is 6.08. The largest absolute Gasteiger partial charge is 0.467 e. The number of nitrogens with two attached hydrogens (primary N) is 1. The lowest BCUT2D eigenvalue weighted by Crippen LogP contribution is -2.15. The van der Waals surface area contributed by atoms with Gasteiger partial charge >= 0.3 is 0 Å². The minimum Gasteiger partial charge on any atom is -0.467 e. The highest BCUT2D eigenvalue weighted by atomic mass is 16.3. The number of hydrogen-bond donors (Lipinski definition) is 1. The van der Waals surface area contributed by atoms with Gasteiger partial charge in [0, 0.05) is 7.05 Å². The minimum atomic E-state index is -0.238. The van der Waals surface area contributed by atoms with Gasteiger partial charge in [-0.1, -0.05) is 6.92 Å². The van der Waals surface area contributed by atoms with Crippen LogP contribution in [0.5, 0.6) is 0 Å². The maximum atomic E-state index is 6.08. The summed E-state index contributed by atoms with van der Waals surface area (Å²) in [4.78, 5) is 0. The topological polar surface area (TPSA) is 57.0 Å². The molecule has 15 heavy (non-hydrogen) atoms. The Morgan fingerprint density at radius 3 is 2.93 bits per heavy atom. The van der Waals surface area contributed by atoms with E-state index in [0.717, 1.165) is 23.6 Å². The summed E-state index contributed by atoms with van der Waals surface area (Å²) in [6.07, 6.45) is 2.55. The van der Waals surface area contributed by atoms with Crippen LogP contribution in [0.4, 0.5) is 0 Å². The van der Waals surface area contributed by atoms with Crippen molar-refractivity contribution in [3.63, 3.8) is 0 Å². The number of aryl methyl sites for hydroxylation is 2. The summed E-state index contributed by atoms with van der Waals surface area (Å²) in [5, 5.41) is 4.36. The maximum Gasteiger partial charge on any atom is 0.126 e. The fraction of sp³-hybridized carbons (Fsp3) is 0.364. The van der Waals surface area contributed by atoms with Gasteiger partial charge in [0.15, 0.2) is 0 Å². The molecule has 80 valence electrons. The zero-order chi connectivity index (χ0) is 10.8. The molecule has 0 saturated heterocycles. The molecule has 0 aliphatic carbocycles. The quantitative estimate of drug-likeness (QED) is 0.828. The molecule has 2 aromatic heterocycles. The van der Waals surface area contributed by atoms with Crippen molar-refractivity contribution < 1.29 is 4.42 Å². The van der Waals surface area contributed by atoms with Crippen LogP contribution in [0.25, 0.3) is 0 Å². The Morgan fingerprint density at radius 2 is 2.40 bits per heavy atom. The van der Waals surface area contributed by atoms with Crippen LogP contribution in [0.15, 0.2) is 28.9 Å². The highest BCUT2D eigenvalue weighted by molar-refractivity contribution is 5.21. The lowest BCUT2D eigenvalue weighted by molar-refractivity contribution is 0.478. The number of rotatable bonds is 3. The highest BCUT2D eigenvalue weighted by Crippen LogP contribution is 2.20. The summed E-state index contributed by atoms with van der Waals surface area (Å²) in [6, 6.07) is 5.50. The smallest absolute Gasteiger partial charge is 0.126 e. The average molecular weight is 205 g/mol. The molecule has 2 N–H and O–H groups in total. The van der Waals surface area contributed by atoms with Crippen LogP contribution < -0.4 is 5.73 Å². The molecule has 1 atom stereocenters. The van der Waals surface area contributed by atoms with Gasteiger partial charge < -0.3 is 10.2 Å². The van der Waals surface area contributed by atoms with Gasteiger partial charge in [-0.3, -0.25) is 4.68 Å². The van der Waals surface area contributed by atoms with E-state index in [1.165, 1.54) is 0 Å². The van der Waals surface area contributed by atoms with Gasteiger partial charge in [0.05, 0.1) is 17.7 Å². The van der Waals surface area contributed by atoms with Crippen molar-refractivity contribution in [3.05, 3.63) is 41.6 Å². The molecule has 2 aromatic rings. The van der Waals surface area contributed by atoms with Crippen molar-refractivity contribution >= 4 is 0 Å². The summed E-state index contributed by atoms with van der Waals surface area (Å²) >= 11 is 0. The molecule has 2 rings (SSSR count). The summed E-state index contributed by atoms with van der Waals surface area (Å²) < 4.78 is 7.09. The number of nitrogens with zero attached hydrogens (tertiary/aromatic N) is 2. The third-order valence-corrected chi connectivity index (χ3v) is 2.50. The highest BCUT2D eigenvalue weighted by Gasteiger charge is 2.16. The molecule has 0 aliphatic heterocycles. The van der Waals surface area contributed by atoms with E-state index in [1.807, 2.05) is 29.9 Å². The van der Waals surface area contributed by atoms with Crippen molar-refractivity contribution in [1.82, 2.24) is 9.78 Å². The second kappa shape index (κ2) is 3.90. The Morgan fingerprint density at radius 1 is 1.60 bits per heavy atom. The molecule has 1 unspecified atom stereocenters. The second-order valence-electron chi connectivity index (χ2n) is 3.53. The number of furan rings is 1. The van der Waals surface area contributed by atoms with Gasteiger partial charge in [-0.25, -0.2) is 0 Å². The minimum absolute atomic E-state index is 0.238. The molecular weight excluding hydrogens is 190 g/mol. The fourth-order valence-corrected chi connectivity index (χ4v) is 1.62. The Bertz CT molecular complexity index is 431. The Hall–Kier alpha value is -1.55. The number of hydrogen-bond acceptors (Lipinski definition) is 3. The van der Waals surface area contributed by atoms with Crippen LogP contribution in [-0.4, -0.2) is 9.78 Å². The van der Waals surface area contributed by atoms with E-state index < -0.39 is 0 Å². The SMILES string of the molecule is CCc1cc(C(N)c2ccco2)n(C)n1. The first-order valence-corrected chi connectivity index (χ1v) is 5.04. The zero-order valence-corrected chi connectivity index (χ0v) is 8.97. The fourth-order valence-electron chi connectivity index (χ4n) is 1.62. The van der Waals surface area contributed by atoms with Crippen molar-refractivity contribution in [2.24, 2.45) is 12.8 Å². The normalized spacial score (nSPS) is 13.0. The Balaban J connectivity index is 2.33. The monoisotopic (exact) mass is 205 g/mol. The second-order valence-corrected chi connectivity index (χ2v) is 3.53. The number of aromatic nitrogens is 2. The van der Waals surface area contributed by atoms with Crippen LogP contribution in [0.1, 0.15) is 30.1 Å². The predicted octanol–water partition coefficient (Wildman–Crippen LogP) is 1.62.